The molecule has 0 aliphatic rings. The molecule has 6 heteroatoms. The Morgan fingerprint density at radius 1 is 1.20 bits per heavy atom. The fraction of sp³-hybridized carbons (Fsp3) is 0.143. The van der Waals surface area contributed by atoms with Crippen molar-refractivity contribution in [2.75, 3.05) is 0 Å². The van der Waals surface area contributed by atoms with Crippen molar-refractivity contribution in [3.8, 4) is 23.1 Å². The van der Waals surface area contributed by atoms with Gasteiger partial charge >= 0.3 is 6.36 Å². The number of rotatable bonds is 3. The molecular formula is C14H9F3N2O. The molecule has 0 fully saturated rings. The van der Waals surface area contributed by atoms with Crippen molar-refractivity contribution in [2.24, 2.45) is 0 Å². The summed E-state index contributed by atoms with van der Waals surface area (Å²) in [6.45, 7) is 0. The molecule has 2 aromatic rings. The van der Waals surface area contributed by atoms with Crippen LogP contribution in [0.4, 0.5) is 13.2 Å². The second kappa shape index (κ2) is 5.61. The molecular weight excluding hydrogens is 269 g/mol. The number of aromatic nitrogens is 1. The maximum absolute atomic E-state index is 12.4. The van der Waals surface area contributed by atoms with Gasteiger partial charge in [-0.15, -0.1) is 13.2 Å². The van der Waals surface area contributed by atoms with E-state index >= 15 is 0 Å². The Morgan fingerprint density at radius 2 is 1.95 bits per heavy atom. The van der Waals surface area contributed by atoms with E-state index in [2.05, 4.69) is 9.72 Å². The predicted molar refractivity (Wildman–Crippen MR) is 65.7 cm³/mol. The summed E-state index contributed by atoms with van der Waals surface area (Å²) in [4.78, 5) is 4.03. The number of pyridine rings is 1. The fourth-order valence-electron chi connectivity index (χ4n) is 1.71. The summed E-state index contributed by atoms with van der Waals surface area (Å²) in [7, 11) is 0. The summed E-state index contributed by atoms with van der Waals surface area (Å²) in [6, 6.07) is 10.9. The van der Waals surface area contributed by atoms with Gasteiger partial charge in [-0.25, -0.2) is 0 Å². The summed E-state index contributed by atoms with van der Waals surface area (Å²) < 4.78 is 41.0. The molecule has 3 nitrogen and oxygen atoms in total. The van der Waals surface area contributed by atoms with E-state index < -0.39 is 6.36 Å². The second-order valence-corrected chi connectivity index (χ2v) is 3.93. The maximum atomic E-state index is 12.4. The minimum absolute atomic E-state index is 0.164. The summed E-state index contributed by atoms with van der Waals surface area (Å²) in [5, 5.41) is 8.64. The zero-order valence-electron chi connectivity index (χ0n) is 10.2. The first-order valence-electron chi connectivity index (χ1n) is 5.66. The fourth-order valence-corrected chi connectivity index (χ4v) is 1.71. The zero-order valence-corrected chi connectivity index (χ0v) is 10.2. The van der Waals surface area contributed by atoms with Crippen molar-refractivity contribution in [3.05, 3.63) is 48.2 Å². The Hall–Kier alpha value is -2.55. The number of nitriles is 1. The van der Waals surface area contributed by atoms with Crippen molar-refractivity contribution in [2.45, 2.75) is 12.8 Å². The van der Waals surface area contributed by atoms with E-state index in [9.17, 15) is 13.2 Å². The maximum Gasteiger partial charge on any atom is 0.573 e. The molecule has 0 radical (unpaired) electrons. The van der Waals surface area contributed by atoms with Crippen LogP contribution in [0.1, 0.15) is 5.56 Å². The van der Waals surface area contributed by atoms with Crippen molar-refractivity contribution in [1.29, 1.82) is 5.26 Å². The Kier molecular flexibility index (Phi) is 3.89. The molecule has 102 valence electrons. The minimum atomic E-state index is -4.76. The molecule has 0 bridgehead atoms. The van der Waals surface area contributed by atoms with E-state index in [1.807, 2.05) is 6.07 Å². The summed E-state index contributed by atoms with van der Waals surface area (Å²) in [5.74, 6) is -0.318. The molecule has 2 rings (SSSR count). The van der Waals surface area contributed by atoms with E-state index in [1.165, 1.54) is 24.4 Å². The molecule has 20 heavy (non-hydrogen) atoms. The van der Waals surface area contributed by atoms with Crippen molar-refractivity contribution in [1.82, 2.24) is 4.98 Å². The Labute approximate surface area is 113 Å². The lowest BCUT2D eigenvalue weighted by atomic mass is 10.1. The third-order valence-corrected chi connectivity index (χ3v) is 2.50. The quantitative estimate of drug-likeness (QED) is 0.859. The highest BCUT2D eigenvalue weighted by Crippen LogP contribution is 2.32. The van der Waals surface area contributed by atoms with E-state index in [0.29, 0.717) is 11.3 Å². The second-order valence-electron chi connectivity index (χ2n) is 3.93. The van der Waals surface area contributed by atoms with Crippen LogP contribution in [0.3, 0.4) is 0 Å². The normalized spacial score (nSPS) is 10.9. The Balaban J connectivity index is 2.42. The van der Waals surface area contributed by atoms with Crippen LogP contribution in [0, 0.1) is 11.3 Å². The number of halogens is 3. The van der Waals surface area contributed by atoms with Gasteiger partial charge in [0.2, 0.25) is 0 Å². The van der Waals surface area contributed by atoms with Gasteiger partial charge in [0, 0.05) is 11.8 Å². The SMILES string of the molecule is N#CCc1ccnc(-c2ccccc2OC(F)(F)F)c1. The van der Waals surface area contributed by atoms with Gasteiger partial charge in [-0.1, -0.05) is 12.1 Å². The third kappa shape index (κ3) is 3.48. The standard InChI is InChI=1S/C14H9F3N2O/c15-14(16,17)20-13-4-2-1-3-11(13)12-9-10(5-7-18)6-8-19-12/h1-4,6,8-9H,5H2. The smallest absolute Gasteiger partial charge is 0.405 e. The van der Waals surface area contributed by atoms with Gasteiger partial charge in [0.05, 0.1) is 18.2 Å². The first kappa shape index (κ1) is 13.9. The van der Waals surface area contributed by atoms with E-state index in [1.54, 1.807) is 18.2 Å². The molecule has 0 N–H and O–H groups in total. The van der Waals surface area contributed by atoms with Crippen molar-refractivity contribution in [3.63, 3.8) is 0 Å². The van der Waals surface area contributed by atoms with Crippen molar-refractivity contribution >= 4 is 0 Å². The van der Waals surface area contributed by atoms with Crippen LogP contribution < -0.4 is 4.74 Å². The van der Waals surface area contributed by atoms with Crippen LogP contribution in [-0.4, -0.2) is 11.3 Å². The van der Waals surface area contributed by atoms with Gasteiger partial charge in [0.1, 0.15) is 5.75 Å². The van der Waals surface area contributed by atoms with Gasteiger partial charge in [-0.2, -0.15) is 5.26 Å². The lowest BCUT2D eigenvalue weighted by Gasteiger charge is -2.13. The number of alkyl halides is 3. The molecule has 0 saturated heterocycles. The first-order chi connectivity index (χ1) is 9.49. The topological polar surface area (TPSA) is 45.9 Å². The highest BCUT2D eigenvalue weighted by atomic mass is 19.4. The van der Waals surface area contributed by atoms with Gasteiger partial charge in [-0.3, -0.25) is 4.98 Å². The molecule has 0 aliphatic carbocycles. The molecule has 0 saturated carbocycles. The lowest BCUT2D eigenvalue weighted by Crippen LogP contribution is -2.17. The summed E-state index contributed by atoms with van der Waals surface area (Å²) in [6.07, 6.45) is -3.15. The molecule has 1 heterocycles. The van der Waals surface area contributed by atoms with Crippen LogP contribution >= 0.6 is 0 Å². The largest absolute Gasteiger partial charge is 0.573 e. The number of ether oxygens (including phenoxy) is 1. The van der Waals surface area contributed by atoms with Crippen molar-refractivity contribution < 1.29 is 17.9 Å². The average molecular weight is 278 g/mol. The summed E-state index contributed by atoms with van der Waals surface area (Å²) >= 11 is 0. The Bertz CT molecular complexity index is 647. The molecule has 1 aromatic carbocycles. The Morgan fingerprint density at radius 3 is 2.65 bits per heavy atom. The van der Waals surface area contributed by atoms with Crippen LogP contribution in [0.2, 0.25) is 0 Å². The van der Waals surface area contributed by atoms with Gasteiger partial charge in [-0.05, 0) is 29.8 Å². The number of hydrogen-bond donors (Lipinski definition) is 0. The van der Waals surface area contributed by atoms with E-state index in [0.717, 1.165) is 0 Å². The van der Waals surface area contributed by atoms with Gasteiger partial charge in [0.15, 0.2) is 0 Å². The molecule has 0 aliphatic heterocycles. The lowest BCUT2D eigenvalue weighted by molar-refractivity contribution is -0.274. The van der Waals surface area contributed by atoms with Crippen LogP contribution in [0.5, 0.6) is 5.75 Å². The van der Waals surface area contributed by atoms with Gasteiger partial charge in [0.25, 0.3) is 0 Å². The van der Waals surface area contributed by atoms with E-state index in [-0.39, 0.29) is 17.7 Å². The number of benzene rings is 1. The van der Waals surface area contributed by atoms with Crippen LogP contribution in [0.15, 0.2) is 42.6 Å². The monoisotopic (exact) mass is 278 g/mol. The molecule has 0 unspecified atom stereocenters. The molecule has 0 atom stereocenters. The predicted octanol–water partition coefficient (Wildman–Crippen LogP) is 3.71. The van der Waals surface area contributed by atoms with Gasteiger partial charge < -0.3 is 4.74 Å². The average Bonchev–Trinajstić information content (AvgIpc) is 2.38. The van der Waals surface area contributed by atoms with E-state index in [4.69, 9.17) is 5.26 Å². The third-order valence-electron chi connectivity index (χ3n) is 2.50. The highest BCUT2D eigenvalue weighted by Gasteiger charge is 2.32. The van der Waals surface area contributed by atoms with Crippen LogP contribution in [-0.2, 0) is 6.42 Å². The summed E-state index contributed by atoms with van der Waals surface area (Å²) in [5.41, 5.74) is 1.24. The minimum Gasteiger partial charge on any atom is -0.405 e. The molecule has 1 aromatic heterocycles. The highest BCUT2D eigenvalue weighted by molar-refractivity contribution is 5.67. The first-order valence-corrected chi connectivity index (χ1v) is 5.66. The molecule has 0 amide bonds. The number of nitrogens with zero attached hydrogens (tertiary/aromatic N) is 2. The van der Waals surface area contributed by atoms with Crippen LogP contribution in [0.25, 0.3) is 11.3 Å². The molecule has 0 spiro atoms. The number of para-hydroxylation sites is 1. The zero-order chi connectivity index (χ0) is 14.6. The number of hydrogen-bond acceptors (Lipinski definition) is 3.